The Morgan fingerprint density at radius 2 is 1.14 bits per heavy atom. The molecule has 0 spiro atoms. The number of carbonyl (C=O) groups is 2. The summed E-state index contributed by atoms with van der Waals surface area (Å²) in [4.78, 5) is 23.9. The van der Waals surface area contributed by atoms with Gasteiger partial charge in [0.2, 0.25) is 0 Å². The van der Waals surface area contributed by atoms with Crippen LogP contribution in [-0.4, -0.2) is 11.6 Å². The third kappa shape index (κ3) is 3.37. The molecule has 3 nitrogen and oxygen atoms in total. The fourth-order valence-corrected chi connectivity index (χ4v) is 2.07. The zero-order chi connectivity index (χ0) is 15.2. The first-order chi connectivity index (χ1) is 10.2. The van der Waals surface area contributed by atoms with E-state index in [9.17, 15) is 9.59 Å². The second-order valence-electron chi connectivity index (χ2n) is 4.65. The third-order valence-corrected chi connectivity index (χ3v) is 3.24. The van der Waals surface area contributed by atoms with Crippen molar-refractivity contribution in [1.82, 2.24) is 0 Å². The normalized spacial score (nSPS) is 10.2. The maximum atomic E-state index is 12.0. The van der Waals surface area contributed by atoms with E-state index in [1.165, 1.54) is 0 Å². The average molecular weight is 282 g/mol. The molecule has 0 amide bonds. The maximum absolute atomic E-state index is 12.0. The maximum Gasteiger partial charge on any atom is 0.166 e. The van der Waals surface area contributed by atoms with Crippen molar-refractivity contribution in [1.29, 1.82) is 0 Å². The molecule has 21 heavy (non-hydrogen) atoms. The van der Waals surface area contributed by atoms with Gasteiger partial charge < -0.3 is 4.74 Å². The molecule has 0 fully saturated rings. The molecule has 3 heteroatoms. The Kier molecular flexibility index (Phi) is 4.88. The lowest BCUT2D eigenvalue weighted by molar-refractivity contribution is 0.0981. The molecule has 0 aliphatic rings. The topological polar surface area (TPSA) is 43.4 Å². The predicted molar refractivity (Wildman–Crippen MR) is 82.2 cm³/mol. The largest absolute Gasteiger partial charge is 0.456 e. The van der Waals surface area contributed by atoms with Gasteiger partial charge in [-0.05, 0) is 24.3 Å². The summed E-state index contributed by atoms with van der Waals surface area (Å²) in [5.41, 5.74) is 1.08. The highest BCUT2D eigenvalue weighted by molar-refractivity contribution is 6.00. The summed E-state index contributed by atoms with van der Waals surface area (Å²) >= 11 is 0. The first-order valence-corrected chi connectivity index (χ1v) is 7.09. The molecule has 0 N–H and O–H groups in total. The number of Topliss-reactive ketones (excluding diaryl/α,β-unsaturated/α-hetero) is 2. The molecule has 2 aromatic carbocycles. The van der Waals surface area contributed by atoms with E-state index in [1.807, 2.05) is 26.0 Å². The lowest BCUT2D eigenvalue weighted by atomic mass is 10.1. The summed E-state index contributed by atoms with van der Waals surface area (Å²) in [5, 5.41) is 0. The molecule has 0 atom stereocenters. The molecule has 108 valence electrons. The van der Waals surface area contributed by atoms with Crippen LogP contribution in [0.25, 0.3) is 0 Å². The van der Waals surface area contributed by atoms with Crippen LogP contribution in [0.1, 0.15) is 47.4 Å². The Bertz CT molecular complexity index is 602. The van der Waals surface area contributed by atoms with Gasteiger partial charge in [-0.25, -0.2) is 0 Å². The Balaban J connectivity index is 2.40. The van der Waals surface area contributed by atoms with Crippen molar-refractivity contribution in [2.75, 3.05) is 0 Å². The number of hydrogen-bond donors (Lipinski definition) is 0. The van der Waals surface area contributed by atoms with Crippen LogP contribution in [0.15, 0.2) is 48.5 Å². The lowest BCUT2D eigenvalue weighted by Crippen LogP contribution is -2.03. The minimum Gasteiger partial charge on any atom is -0.456 e. The molecule has 0 aromatic heterocycles. The zero-order valence-electron chi connectivity index (χ0n) is 12.3. The number of benzene rings is 2. The van der Waals surface area contributed by atoms with Crippen LogP contribution in [0.2, 0.25) is 0 Å². The summed E-state index contributed by atoms with van der Waals surface area (Å²) in [6.45, 7) is 3.63. The molecule has 0 heterocycles. The van der Waals surface area contributed by atoms with Crippen LogP contribution in [0.5, 0.6) is 11.5 Å². The van der Waals surface area contributed by atoms with Crippen molar-refractivity contribution in [3.05, 3.63) is 59.7 Å². The zero-order valence-corrected chi connectivity index (χ0v) is 12.3. The lowest BCUT2D eigenvalue weighted by Gasteiger charge is -2.12. The number of carbonyl (C=O) groups excluding carboxylic acids is 2. The quantitative estimate of drug-likeness (QED) is 0.723. The van der Waals surface area contributed by atoms with Crippen molar-refractivity contribution in [3.8, 4) is 11.5 Å². The van der Waals surface area contributed by atoms with E-state index in [2.05, 4.69) is 0 Å². The van der Waals surface area contributed by atoms with Crippen LogP contribution in [0, 0.1) is 0 Å². The smallest absolute Gasteiger partial charge is 0.166 e. The van der Waals surface area contributed by atoms with Crippen molar-refractivity contribution in [2.45, 2.75) is 26.7 Å². The fraction of sp³-hybridized carbons (Fsp3) is 0.222. The highest BCUT2D eigenvalue weighted by atomic mass is 16.5. The second-order valence-corrected chi connectivity index (χ2v) is 4.65. The second kappa shape index (κ2) is 6.84. The Morgan fingerprint density at radius 1 is 0.762 bits per heavy atom. The minimum absolute atomic E-state index is 0.0184. The number of para-hydroxylation sites is 2. The summed E-state index contributed by atoms with van der Waals surface area (Å²) in [6.07, 6.45) is 0.825. The van der Waals surface area contributed by atoms with Gasteiger partial charge in [0.25, 0.3) is 0 Å². The van der Waals surface area contributed by atoms with E-state index in [1.54, 1.807) is 36.4 Å². The van der Waals surface area contributed by atoms with Crippen LogP contribution in [0.4, 0.5) is 0 Å². The van der Waals surface area contributed by atoms with Gasteiger partial charge in [0.1, 0.15) is 11.5 Å². The number of ether oxygens (including phenoxy) is 1. The van der Waals surface area contributed by atoms with Gasteiger partial charge in [0.05, 0.1) is 11.1 Å². The number of hydrogen-bond acceptors (Lipinski definition) is 3. The Hall–Kier alpha value is -2.42. The van der Waals surface area contributed by atoms with Crippen LogP contribution in [0.3, 0.4) is 0 Å². The highest BCUT2D eigenvalue weighted by Gasteiger charge is 2.14. The van der Waals surface area contributed by atoms with Crippen LogP contribution >= 0.6 is 0 Å². The minimum atomic E-state index is 0.0184. The molecule has 2 aromatic rings. The van der Waals surface area contributed by atoms with E-state index < -0.39 is 0 Å². The van der Waals surface area contributed by atoms with Crippen LogP contribution < -0.4 is 4.74 Å². The third-order valence-electron chi connectivity index (χ3n) is 3.24. The predicted octanol–water partition coefficient (Wildman–Crippen LogP) is 4.66. The van der Waals surface area contributed by atoms with E-state index in [0.717, 1.165) is 0 Å². The van der Waals surface area contributed by atoms with E-state index in [0.29, 0.717) is 35.5 Å². The first-order valence-electron chi connectivity index (χ1n) is 7.09. The van der Waals surface area contributed by atoms with Crippen LogP contribution in [-0.2, 0) is 0 Å². The molecule has 0 saturated carbocycles. The molecule has 0 aliphatic carbocycles. The Labute approximate surface area is 124 Å². The molecule has 0 radical (unpaired) electrons. The molecule has 0 unspecified atom stereocenters. The van der Waals surface area contributed by atoms with E-state index in [-0.39, 0.29) is 11.6 Å². The molecule has 0 aliphatic heterocycles. The van der Waals surface area contributed by atoms with Gasteiger partial charge in [-0.3, -0.25) is 9.59 Å². The Morgan fingerprint density at radius 3 is 1.52 bits per heavy atom. The van der Waals surface area contributed by atoms with Crippen molar-refractivity contribution >= 4 is 11.6 Å². The number of ketones is 2. The van der Waals surface area contributed by atoms with Crippen molar-refractivity contribution < 1.29 is 14.3 Å². The average Bonchev–Trinajstić information content (AvgIpc) is 2.54. The van der Waals surface area contributed by atoms with Gasteiger partial charge in [0, 0.05) is 12.8 Å². The molecular weight excluding hydrogens is 264 g/mol. The summed E-state index contributed by atoms with van der Waals surface area (Å²) in [6, 6.07) is 14.2. The molecule has 2 rings (SSSR count). The SMILES string of the molecule is CCC(=O)c1ccccc1Oc1ccccc1C(=O)CC. The highest BCUT2D eigenvalue weighted by Crippen LogP contribution is 2.29. The van der Waals surface area contributed by atoms with Gasteiger partial charge in [-0.15, -0.1) is 0 Å². The summed E-state index contributed by atoms with van der Waals surface area (Å²) in [7, 11) is 0. The van der Waals surface area contributed by atoms with Gasteiger partial charge in [0.15, 0.2) is 11.6 Å². The molecule has 0 saturated heterocycles. The van der Waals surface area contributed by atoms with Crippen molar-refractivity contribution in [3.63, 3.8) is 0 Å². The monoisotopic (exact) mass is 282 g/mol. The fourth-order valence-electron chi connectivity index (χ4n) is 2.07. The van der Waals surface area contributed by atoms with Gasteiger partial charge in [-0.2, -0.15) is 0 Å². The number of rotatable bonds is 6. The van der Waals surface area contributed by atoms with Crippen molar-refractivity contribution in [2.24, 2.45) is 0 Å². The first kappa shape index (κ1) is 15.0. The van der Waals surface area contributed by atoms with E-state index >= 15 is 0 Å². The van der Waals surface area contributed by atoms with Gasteiger partial charge >= 0.3 is 0 Å². The molecular formula is C18H18O3. The summed E-state index contributed by atoms with van der Waals surface area (Å²) in [5.74, 6) is 1.01. The van der Waals surface area contributed by atoms with E-state index in [4.69, 9.17) is 4.74 Å². The van der Waals surface area contributed by atoms with Gasteiger partial charge in [-0.1, -0.05) is 38.1 Å². The summed E-state index contributed by atoms with van der Waals surface area (Å²) < 4.78 is 5.84. The standard InChI is InChI=1S/C18H18O3/c1-3-15(19)13-9-5-7-11-17(13)21-18-12-8-6-10-14(18)16(20)4-2/h5-12H,3-4H2,1-2H3. The molecule has 0 bridgehead atoms.